The molecule has 0 aromatic heterocycles. The Balaban J connectivity index is 5.26. The summed E-state index contributed by atoms with van der Waals surface area (Å²) < 4.78 is 69.9. The van der Waals surface area contributed by atoms with E-state index in [4.69, 9.17) is 4.74 Å². The number of nitrogens with one attached hydrogen (secondary N) is 1. The number of hydrogen-bond acceptors (Lipinski definition) is 5. The molecule has 0 unspecified atom stereocenters. The van der Waals surface area contributed by atoms with Gasteiger partial charge in [-0.15, -0.1) is 0 Å². The van der Waals surface area contributed by atoms with Gasteiger partial charge in [-0.05, 0) is 27.7 Å². The fourth-order valence-electron chi connectivity index (χ4n) is 1.32. The highest BCUT2D eigenvalue weighted by Gasteiger charge is 2.49. The van der Waals surface area contributed by atoms with E-state index in [2.05, 4.69) is 4.74 Å². The van der Waals surface area contributed by atoms with Crippen LogP contribution in [0.4, 0.5) is 13.2 Å². The molecule has 10 heteroatoms. The number of methoxy groups -OCH3 is 1. The predicted octanol–water partition coefficient (Wildman–Crippen LogP) is 1.17. The minimum atomic E-state index is -5.68. The van der Waals surface area contributed by atoms with Crippen molar-refractivity contribution in [2.45, 2.75) is 51.0 Å². The average Bonchev–Trinajstić information content (AvgIpc) is 2.20. The van der Waals surface area contributed by atoms with Gasteiger partial charge in [0.05, 0.1) is 18.8 Å². The summed E-state index contributed by atoms with van der Waals surface area (Å²) in [5.41, 5.74) is -6.31. The molecule has 0 saturated heterocycles. The number of ether oxygens (including phenoxy) is 2. The van der Waals surface area contributed by atoms with Crippen LogP contribution in [-0.2, 0) is 24.3 Å². The Labute approximate surface area is 115 Å². The average molecular weight is 321 g/mol. The van der Waals surface area contributed by atoms with E-state index >= 15 is 0 Å². The summed E-state index contributed by atoms with van der Waals surface area (Å²) in [6.45, 7) is 6.09. The molecule has 0 fully saturated rings. The van der Waals surface area contributed by atoms with Crippen LogP contribution in [0.3, 0.4) is 0 Å². The summed E-state index contributed by atoms with van der Waals surface area (Å²) in [5, 5.41) is 0. The maximum absolute atomic E-state index is 12.3. The molecule has 20 heavy (non-hydrogen) atoms. The van der Waals surface area contributed by atoms with Crippen LogP contribution < -0.4 is 4.72 Å². The fourth-order valence-corrected chi connectivity index (χ4v) is 2.08. The Morgan fingerprint density at radius 1 is 1.20 bits per heavy atom. The van der Waals surface area contributed by atoms with Crippen molar-refractivity contribution in [3.8, 4) is 0 Å². The van der Waals surface area contributed by atoms with Crippen LogP contribution in [-0.4, -0.2) is 44.8 Å². The lowest BCUT2D eigenvalue weighted by atomic mass is 10.1. The quantitative estimate of drug-likeness (QED) is 0.769. The minimum Gasteiger partial charge on any atom is -0.468 e. The molecule has 0 radical (unpaired) electrons. The van der Waals surface area contributed by atoms with Gasteiger partial charge in [-0.3, -0.25) is 4.79 Å². The Kier molecular flexibility index (Phi) is 6.00. The van der Waals surface area contributed by atoms with Gasteiger partial charge >= 0.3 is 21.5 Å². The Morgan fingerprint density at radius 2 is 1.65 bits per heavy atom. The molecule has 0 aliphatic rings. The molecule has 6 nitrogen and oxygen atoms in total. The number of carbonyl (C=O) groups is 1. The summed E-state index contributed by atoms with van der Waals surface area (Å²) in [4.78, 5) is 11.4. The molecule has 0 heterocycles. The van der Waals surface area contributed by atoms with Gasteiger partial charge in [0.2, 0.25) is 0 Å². The normalized spacial score (nSPS) is 16.6. The molecular formula is C10H18F3NO5S. The maximum atomic E-state index is 12.3. The fraction of sp³-hybridized carbons (Fsp3) is 0.900. The van der Waals surface area contributed by atoms with E-state index in [9.17, 15) is 26.4 Å². The smallest absolute Gasteiger partial charge is 0.468 e. The third-order valence-corrected chi connectivity index (χ3v) is 3.22. The van der Waals surface area contributed by atoms with Gasteiger partial charge in [0.15, 0.2) is 0 Å². The highest BCUT2D eigenvalue weighted by atomic mass is 32.2. The second-order valence-corrected chi connectivity index (χ2v) is 6.71. The van der Waals surface area contributed by atoms with Crippen molar-refractivity contribution in [2.24, 2.45) is 0 Å². The molecule has 0 aliphatic heterocycles. The molecule has 0 bridgehead atoms. The SMILES string of the molecule is COC(=O)[C@@H](NS(=O)(=O)C(F)(F)F)[C@@H](C)OC(C)(C)C. The zero-order valence-electron chi connectivity index (χ0n) is 11.7. The van der Waals surface area contributed by atoms with Gasteiger partial charge in [0, 0.05) is 0 Å². The van der Waals surface area contributed by atoms with Gasteiger partial charge in [0.25, 0.3) is 0 Å². The zero-order chi connectivity index (χ0) is 16.4. The van der Waals surface area contributed by atoms with Gasteiger partial charge in [-0.25, -0.2) is 8.42 Å². The van der Waals surface area contributed by atoms with E-state index in [0.717, 1.165) is 7.11 Å². The van der Waals surface area contributed by atoms with Crippen LogP contribution in [0.5, 0.6) is 0 Å². The Morgan fingerprint density at radius 3 is 1.95 bits per heavy atom. The third kappa shape index (κ3) is 5.63. The molecular weight excluding hydrogens is 303 g/mol. The number of rotatable bonds is 5. The topological polar surface area (TPSA) is 81.7 Å². The van der Waals surface area contributed by atoms with Crippen LogP contribution in [0.25, 0.3) is 0 Å². The highest BCUT2D eigenvalue weighted by Crippen LogP contribution is 2.23. The van der Waals surface area contributed by atoms with Gasteiger partial charge in [0.1, 0.15) is 6.04 Å². The standard InChI is InChI=1S/C10H18F3NO5S/c1-6(19-9(2,3)4)7(8(15)18-5)14-20(16,17)10(11,12)13/h6-7,14H,1-5H3/t6-,7+/m1/s1. The zero-order valence-corrected chi connectivity index (χ0v) is 12.6. The summed E-state index contributed by atoms with van der Waals surface area (Å²) in [6, 6.07) is -1.80. The van der Waals surface area contributed by atoms with E-state index in [1.165, 1.54) is 11.6 Å². The molecule has 120 valence electrons. The van der Waals surface area contributed by atoms with Gasteiger partial charge in [-0.2, -0.15) is 17.9 Å². The lowest BCUT2D eigenvalue weighted by Crippen LogP contribution is -2.53. The monoisotopic (exact) mass is 321 g/mol. The number of hydrogen-bond donors (Lipinski definition) is 1. The molecule has 1 N–H and O–H groups in total. The molecule has 0 aliphatic carbocycles. The first-order chi connectivity index (χ1) is 8.71. The molecule has 2 atom stereocenters. The number of halogens is 3. The number of alkyl halides is 3. The predicted molar refractivity (Wildman–Crippen MR) is 64.2 cm³/mol. The first-order valence-electron chi connectivity index (χ1n) is 5.55. The number of sulfonamides is 1. The van der Waals surface area contributed by atoms with Crippen molar-refractivity contribution in [2.75, 3.05) is 7.11 Å². The van der Waals surface area contributed by atoms with E-state index in [0.29, 0.717) is 0 Å². The van der Waals surface area contributed by atoms with Gasteiger partial charge in [-0.1, -0.05) is 0 Å². The third-order valence-electron chi connectivity index (χ3n) is 2.05. The number of esters is 1. The van der Waals surface area contributed by atoms with Crippen molar-refractivity contribution in [1.29, 1.82) is 0 Å². The first kappa shape index (κ1) is 19.1. The molecule has 0 rings (SSSR count). The lowest BCUT2D eigenvalue weighted by molar-refractivity contribution is -0.150. The summed E-state index contributed by atoms with van der Waals surface area (Å²) in [7, 11) is -4.75. The minimum absolute atomic E-state index is 0.782. The molecule has 0 spiro atoms. The molecule has 0 amide bonds. The van der Waals surface area contributed by atoms with Crippen molar-refractivity contribution in [3.05, 3.63) is 0 Å². The van der Waals surface area contributed by atoms with Crippen LogP contribution in [0.15, 0.2) is 0 Å². The second-order valence-electron chi connectivity index (χ2n) is 5.00. The van der Waals surface area contributed by atoms with Crippen molar-refractivity contribution in [1.82, 2.24) is 4.72 Å². The molecule has 0 aromatic rings. The van der Waals surface area contributed by atoms with Crippen LogP contribution >= 0.6 is 0 Å². The van der Waals surface area contributed by atoms with Crippen molar-refractivity contribution in [3.63, 3.8) is 0 Å². The van der Waals surface area contributed by atoms with Crippen LogP contribution in [0.1, 0.15) is 27.7 Å². The Hall–Kier alpha value is -0.870. The van der Waals surface area contributed by atoms with Crippen LogP contribution in [0, 0.1) is 0 Å². The molecule has 0 saturated carbocycles. The summed E-state index contributed by atoms with van der Waals surface area (Å²) >= 11 is 0. The van der Waals surface area contributed by atoms with E-state index in [-0.39, 0.29) is 0 Å². The van der Waals surface area contributed by atoms with E-state index in [1.54, 1.807) is 20.8 Å². The second kappa shape index (κ2) is 6.27. The highest BCUT2D eigenvalue weighted by molar-refractivity contribution is 7.90. The molecule has 0 aromatic carbocycles. The largest absolute Gasteiger partial charge is 0.511 e. The Bertz CT molecular complexity index is 441. The van der Waals surface area contributed by atoms with Crippen LogP contribution in [0.2, 0.25) is 0 Å². The van der Waals surface area contributed by atoms with Crippen molar-refractivity contribution < 1.29 is 35.9 Å². The summed E-state index contributed by atoms with van der Waals surface area (Å²) in [5.74, 6) is -1.17. The van der Waals surface area contributed by atoms with Gasteiger partial charge < -0.3 is 9.47 Å². The first-order valence-corrected chi connectivity index (χ1v) is 7.04. The van der Waals surface area contributed by atoms with Crippen molar-refractivity contribution >= 4 is 16.0 Å². The number of carbonyl (C=O) groups excluding carboxylic acids is 1. The lowest BCUT2D eigenvalue weighted by Gasteiger charge is -2.29. The van der Waals surface area contributed by atoms with E-state index < -0.39 is 39.2 Å². The van der Waals surface area contributed by atoms with E-state index in [1.807, 2.05) is 0 Å². The maximum Gasteiger partial charge on any atom is 0.511 e. The summed E-state index contributed by atoms with van der Waals surface area (Å²) in [6.07, 6.45) is -1.15.